The molecule has 0 fully saturated rings. The molecular formula is C34H28Si. The summed E-state index contributed by atoms with van der Waals surface area (Å²) in [6.45, 7) is 8.48. The van der Waals surface area contributed by atoms with Crippen LogP contribution in [0.2, 0.25) is 12.1 Å². The topological polar surface area (TPSA) is 0 Å². The fraction of sp³-hybridized carbons (Fsp3) is 0.0588. The van der Waals surface area contributed by atoms with Gasteiger partial charge in [0.1, 0.15) is 8.07 Å². The van der Waals surface area contributed by atoms with Crippen LogP contribution in [0.25, 0.3) is 43.1 Å². The molecule has 168 valence electrons. The summed E-state index contributed by atoms with van der Waals surface area (Å²) in [5, 5.41) is 13.4. The molecule has 0 nitrogen and oxygen atoms in total. The van der Waals surface area contributed by atoms with Gasteiger partial charge in [-0.2, -0.15) is 0 Å². The maximum atomic E-state index is 4.24. The molecule has 1 heteroatoms. The van der Waals surface area contributed by atoms with Crippen LogP contribution in [0.5, 0.6) is 0 Å². The summed E-state index contributed by atoms with van der Waals surface area (Å²) in [6.07, 6.45) is 4.27. The molecule has 0 aliphatic rings. The molecule has 6 aromatic carbocycles. The quantitative estimate of drug-likeness (QED) is 0.132. The highest BCUT2D eigenvalue weighted by Gasteiger charge is 2.37. The molecule has 0 aliphatic carbocycles. The molecule has 0 atom stereocenters. The number of benzene rings is 6. The maximum absolute atomic E-state index is 4.24. The highest BCUT2D eigenvalue weighted by molar-refractivity contribution is 7.05. The second-order valence-electron chi connectivity index (χ2n) is 9.52. The van der Waals surface area contributed by atoms with Crippen molar-refractivity contribution in [2.24, 2.45) is 0 Å². The highest BCUT2D eigenvalue weighted by Crippen LogP contribution is 2.30. The van der Waals surface area contributed by atoms with Crippen molar-refractivity contribution in [2.45, 2.75) is 12.1 Å². The average Bonchev–Trinajstić information content (AvgIpc) is 2.90. The lowest BCUT2D eigenvalue weighted by molar-refractivity contribution is 1.49. The van der Waals surface area contributed by atoms with Gasteiger partial charge in [-0.25, -0.2) is 0 Å². The Morgan fingerprint density at radius 1 is 0.457 bits per heavy atom. The minimum atomic E-state index is -2.29. The summed E-state index contributed by atoms with van der Waals surface area (Å²) in [6, 6.07) is 42.5. The van der Waals surface area contributed by atoms with E-state index in [9.17, 15) is 0 Å². The lowest BCUT2D eigenvalue weighted by Gasteiger charge is -2.33. The third-order valence-corrected chi connectivity index (χ3v) is 12.4. The van der Waals surface area contributed by atoms with E-state index in [1.54, 1.807) is 0 Å². The smallest absolute Gasteiger partial charge is 0.103 e. The Hall–Kier alpha value is -3.94. The van der Waals surface area contributed by atoms with Gasteiger partial charge >= 0.3 is 0 Å². The molecule has 6 aromatic rings. The SMILES string of the molecule is C=CC[Si](CC=C)(c1cccc2cc3ccccc3cc12)c1cccc2cc3ccccc3cc12. The molecule has 0 radical (unpaired) electrons. The molecular weight excluding hydrogens is 436 g/mol. The number of hydrogen-bond acceptors (Lipinski definition) is 0. The van der Waals surface area contributed by atoms with E-state index in [1.165, 1.54) is 53.5 Å². The molecule has 0 heterocycles. The monoisotopic (exact) mass is 464 g/mol. The van der Waals surface area contributed by atoms with E-state index >= 15 is 0 Å². The summed E-state index contributed by atoms with van der Waals surface area (Å²) in [7, 11) is -2.29. The van der Waals surface area contributed by atoms with Crippen molar-refractivity contribution in [2.75, 3.05) is 0 Å². The van der Waals surface area contributed by atoms with Crippen molar-refractivity contribution in [1.82, 2.24) is 0 Å². The summed E-state index contributed by atoms with van der Waals surface area (Å²) in [4.78, 5) is 0. The van der Waals surface area contributed by atoms with Gasteiger partial charge in [-0.1, -0.05) is 97.1 Å². The van der Waals surface area contributed by atoms with Crippen LogP contribution in [0.15, 0.2) is 135 Å². The Balaban J connectivity index is 1.72. The van der Waals surface area contributed by atoms with E-state index in [0.29, 0.717) is 0 Å². The minimum absolute atomic E-state index is 0.969. The highest BCUT2D eigenvalue weighted by atomic mass is 28.3. The Morgan fingerprint density at radius 2 is 0.829 bits per heavy atom. The summed E-state index contributed by atoms with van der Waals surface area (Å²) < 4.78 is 0. The van der Waals surface area contributed by atoms with Gasteiger partial charge in [-0.3, -0.25) is 0 Å². The molecule has 0 saturated carbocycles. The van der Waals surface area contributed by atoms with E-state index < -0.39 is 8.07 Å². The molecule has 0 unspecified atom stereocenters. The van der Waals surface area contributed by atoms with Crippen LogP contribution in [0.4, 0.5) is 0 Å². The zero-order chi connectivity index (χ0) is 23.8. The van der Waals surface area contributed by atoms with Crippen LogP contribution in [-0.2, 0) is 0 Å². The number of rotatable bonds is 6. The third-order valence-electron chi connectivity index (χ3n) is 7.51. The van der Waals surface area contributed by atoms with Crippen LogP contribution in [0, 0.1) is 0 Å². The zero-order valence-corrected chi connectivity index (χ0v) is 20.9. The first kappa shape index (κ1) is 21.6. The lowest BCUT2D eigenvalue weighted by atomic mass is 10.0. The van der Waals surface area contributed by atoms with Gasteiger partial charge in [0.05, 0.1) is 0 Å². The Morgan fingerprint density at radius 3 is 1.23 bits per heavy atom. The van der Waals surface area contributed by atoms with Gasteiger partial charge in [-0.15, -0.1) is 13.2 Å². The van der Waals surface area contributed by atoms with Gasteiger partial charge in [0, 0.05) is 0 Å². The molecule has 0 bridgehead atoms. The van der Waals surface area contributed by atoms with Crippen molar-refractivity contribution in [3.63, 3.8) is 0 Å². The van der Waals surface area contributed by atoms with Crippen LogP contribution in [0.1, 0.15) is 0 Å². The Labute approximate surface area is 207 Å². The van der Waals surface area contributed by atoms with Crippen molar-refractivity contribution in [1.29, 1.82) is 0 Å². The normalized spacial score (nSPS) is 11.9. The van der Waals surface area contributed by atoms with Gasteiger partial charge in [0.2, 0.25) is 0 Å². The van der Waals surface area contributed by atoms with E-state index in [0.717, 1.165) is 12.1 Å². The predicted molar refractivity (Wildman–Crippen MR) is 158 cm³/mol. The zero-order valence-electron chi connectivity index (χ0n) is 19.9. The number of allylic oxidation sites excluding steroid dienone is 2. The second kappa shape index (κ2) is 8.68. The van der Waals surface area contributed by atoms with Crippen LogP contribution in [0.3, 0.4) is 0 Å². The molecule has 0 spiro atoms. The predicted octanol–water partition coefficient (Wildman–Crippen LogP) is 8.23. The average molecular weight is 465 g/mol. The van der Waals surface area contributed by atoms with Crippen molar-refractivity contribution < 1.29 is 0 Å². The fourth-order valence-corrected chi connectivity index (χ4v) is 10.5. The largest absolute Gasteiger partial charge is 0.127 e. The summed E-state index contributed by atoms with van der Waals surface area (Å²) in [5.74, 6) is 0. The molecule has 35 heavy (non-hydrogen) atoms. The van der Waals surface area contributed by atoms with E-state index in [4.69, 9.17) is 0 Å². The van der Waals surface area contributed by atoms with Crippen molar-refractivity contribution in [3.8, 4) is 0 Å². The Bertz CT molecular complexity index is 1610. The summed E-state index contributed by atoms with van der Waals surface area (Å²) in [5.41, 5.74) is 0. The maximum Gasteiger partial charge on any atom is 0.127 e. The number of hydrogen-bond donors (Lipinski definition) is 0. The van der Waals surface area contributed by atoms with E-state index in [2.05, 4.69) is 135 Å². The first-order chi connectivity index (χ1) is 17.2. The van der Waals surface area contributed by atoms with E-state index in [-0.39, 0.29) is 0 Å². The first-order valence-electron chi connectivity index (χ1n) is 12.3. The van der Waals surface area contributed by atoms with Crippen LogP contribution >= 0.6 is 0 Å². The molecule has 0 aromatic heterocycles. The second-order valence-corrected chi connectivity index (χ2v) is 13.6. The van der Waals surface area contributed by atoms with Gasteiger partial charge < -0.3 is 0 Å². The molecule has 0 aliphatic heterocycles. The standard InChI is InChI=1S/C34H28Si/c1-3-19-35(20-4-2,33-17-9-15-29-21-25-11-5-7-13-27(25)23-31(29)33)34-18-10-16-30-22-26-12-6-8-14-28(26)24-32(30)34/h3-18,21-24H,1-2,19-20H2. The lowest BCUT2D eigenvalue weighted by Crippen LogP contribution is -2.58. The van der Waals surface area contributed by atoms with Gasteiger partial charge in [-0.05, 0) is 89.8 Å². The minimum Gasteiger partial charge on any atom is -0.103 e. The Kier molecular flexibility index (Phi) is 5.35. The number of fused-ring (bicyclic) bond motifs is 4. The van der Waals surface area contributed by atoms with Gasteiger partial charge in [0.15, 0.2) is 0 Å². The van der Waals surface area contributed by atoms with Crippen LogP contribution in [-0.4, -0.2) is 8.07 Å². The third kappa shape index (κ3) is 3.51. The van der Waals surface area contributed by atoms with Crippen molar-refractivity contribution >= 4 is 61.5 Å². The van der Waals surface area contributed by atoms with E-state index in [1.807, 2.05) is 0 Å². The summed E-state index contributed by atoms with van der Waals surface area (Å²) >= 11 is 0. The molecule has 0 amide bonds. The molecule has 0 saturated heterocycles. The first-order valence-corrected chi connectivity index (χ1v) is 14.7. The van der Waals surface area contributed by atoms with Crippen molar-refractivity contribution in [3.05, 3.63) is 135 Å². The van der Waals surface area contributed by atoms with Crippen LogP contribution < -0.4 is 10.4 Å². The molecule has 6 rings (SSSR count). The van der Waals surface area contributed by atoms with Gasteiger partial charge in [0.25, 0.3) is 0 Å². The fourth-order valence-electron chi connectivity index (χ4n) is 5.93. The molecule has 0 N–H and O–H groups in total.